The van der Waals surface area contributed by atoms with Gasteiger partial charge in [-0.2, -0.15) is 0 Å². The zero-order chi connectivity index (χ0) is 21.1. The lowest BCUT2D eigenvalue weighted by Gasteiger charge is -2.18. The maximum absolute atomic E-state index is 4.40. The van der Waals surface area contributed by atoms with Crippen LogP contribution in [0.2, 0.25) is 0 Å². The monoisotopic (exact) mass is 544 g/mol. The van der Waals surface area contributed by atoms with E-state index in [1.165, 1.54) is 5.56 Å². The average Bonchev–Trinajstić information content (AvgIpc) is 3.10. The summed E-state index contributed by atoms with van der Waals surface area (Å²) in [6.45, 7) is 8.48. The van der Waals surface area contributed by atoms with Crippen molar-refractivity contribution in [3.05, 3.63) is 41.7 Å². The topological polar surface area (TPSA) is 67.1 Å². The van der Waals surface area contributed by atoms with Crippen molar-refractivity contribution >= 4 is 41.7 Å². The number of halogens is 1. The summed E-state index contributed by atoms with van der Waals surface area (Å²) in [5.74, 6) is 2.51. The van der Waals surface area contributed by atoms with Crippen molar-refractivity contribution in [2.75, 3.05) is 19.8 Å². The van der Waals surface area contributed by atoms with Gasteiger partial charge >= 0.3 is 0 Å². The highest BCUT2D eigenvalue weighted by Gasteiger charge is 2.12. The predicted molar refractivity (Wildman–Crippen MR) is 139 cm³/mol. The van der Waals surface area contributed by atoms with Crippen LogP contribution in [0.1, 0.15) is 45.0 Å². The summed E-state index contributed by atoms with van der Waals surface area (Å²) in [6.07, 6.45) is 6.09. The summed E-state index contributed by atoms with van der Waals surface area (Å²) < 4.78 is 2.26. The van der Waals surface area contributed by atoms with Gasteiger partial charge in [0.2, 0.25) is 0 Å². The van der Waals surface area contributed by atoms with Crippen molar-refractivity contribution in [3.8, 4) is 0 Å². The molecule has 0 aliphatic rings. The first-order chi connectivity index (χ1) is 14.0. The normalized spacial score (nSPS) is 12.5. The predicted octanol–water partition coefficient (Wildman–Crippen LogP) is 4.39. The van der Waals surface area contributed by atoms with E-state index in [0.717, 1.165) is 55.7 Å². The number of benzene rings is 1. The third kappa shape index (κ3) is 9.24. The number of aryl methyl sites for hydroxylation is 2. The summed E-state index contributed by atoms with van der Waals surface area (Å²) in [7, 11) is 1.82. The van der Waals surface area contributed by atoms with Crippen molar-refractivity contribution in [2.24, 2.45) is 10.9 Å². The SMILES string of the molecule is CN=C(NCCCc1nnc(SC)n1CC(C)C)NC(C)CCc1ccccc1.I. The molecule has 1 atom stereocenters. The Hall–Kier alpha value is -1.29. The average molecular weight is 545 g/mol. The third-order valence-corrected chi connectivity index (χ3v) is 5.38. The van der Waals surface area contributed by atoms with Crippen LogP contribution in [0.25, 0.3) is 0 Å². The molecule has 30 heavy (non-hydrogen) atoms. The molecule has 1 aromatic carbocycles. The van der Waals surface area contributed by atoms with Gasteiger partial charge in [-0.15, -0.1) is 34.2 Å². The molecular formula is C22H37IN6S. The molecule has 0 saturated carbocycles. The van der Waals surface area contributed by atoms with E-state index in [2.05, 4.69) is 87.7 Å². The Morgan fingerprint density at radius 2 is 1.87 bits per heavy atom. The minimum absolute atomic E-state index is 0. The van der Waals surface area contributed by atoms with Gasteiger partial charge in [-0.3, -0.25) is 4.99 Å². The highest BCUT2D eigenvalue weighted by molar-refractivity contribution is 14.0. The van der Waals surface area contributed by atoms with E-state index in [4.69, 9.17) is 0 Å². The quantitative estimate of drug-likeness (QED) is 0.144. The number of nitrogens with zero attached hydrogens (tertiary/aromatic N) is 4. The minimum atomic E-state index is 0. The Morgan fingerprint density at radius 3 is 2.50 bits per heavy atom. The van der Waals surface area contributed by atoms with Gasteiger partial charge in [0, 0.05) is 32.6 Å². The van der Waals surface area contributed by atoms with Gasteiger partial charge in [0.25, 0.3) is 0 Å². The molecule has 0 bridgehead atoms. The van der Waals surface area contributed by atoms with E-state index in [9.17, 15) is 0 Å². The molecule has 0 spiro atoms. The molecule has 0 aliphatic carbocycles. The number of guanidine groups is 1. The van der Waals surface area contributed by atoms with Crippen LogP contribution in [-0.4, -0.2) is 46.6 Å². The van der Waals surface area contributed by atoms with E-state index >= 15 is 0 Å². The van der Waals surface area contributed by atoms with Crippen molar-refractivity contribution in [2.45, 2.75) is 64.2 Å². The van der Waals surface area contributed by atoms with E-state index in [0.29, 0.717) is 12.0 Å². The van der Waals surface area contributed by atoms with Crippen molar-refractivity contribution < 1.29 is 0 Å². The van der Waals surface area contributed by atoms with Crippen LogP contribution >= 0.6 is 35.7 Å². The van der Waals surface area contributed by atoms with Crippen molar-refractivity contribution in [1.29, 1.82) is 0 Å². The van der Waals surface area contributed by atoms with Crippen LogP contribution < -0.4 is 10.6 Å². The molecule has 0 aliphatic heterocycles. The highest BCUT2D eigenvalue weighted by atomic mass is 127. The standard InChI is InChI=1S/C22H36N6S.HI/c1-17(2)16-28-20(26-27-22(28)29-5)12-9-15-24-21(23-4)25-18(3)13-14-19-10-7-6-8-11-19;/h6-8,10-11,17-18H,9,12-16H2,1-5H3,(H2,23,24,25);1H. The van der Waals surface area contributed by atoms with Crippen LogP contribution in [0.3, 0.4) is 0 Å². The maximum Gasteiger partial charge on any atom is 0.191 e. The first-order valence-electron chi connectivity index (χ1n) is 10.5. The fraction of sp³-hybridized carbons (Fsp3) is 0.591. The van der Waals surface area contributed by atoms with E-state index in [-0.39, 0.29) is 24.0 Å². The molecule has 1 unspecified atom stereocenters. The zero-order valence-corrected chi connectivity index (χ0v) is 22.0. The Bertz CT molecular complexity index is 747. The fourth-order valence-corrected chi connectivity index (χ4v) is 3.71. The fourth-order valence-electron chi connectivity index (χ4n) is 3.18. The lowest BCUT2D eigenvalue weighted by molar-refractivity contribution is 0.477. The number of aliphatic imine (C=N–C) groups is 1. The second-order valence-corrected chi connectivity index (χ2v) is 8.55. The number of rotatable bonds is 11. The molecule has 2 aromatic rings. The van der Waals surface area contributed by atoms with Crippen LogP contribution in [0.4, 0.5) is 0 Å². The summed E-state index contributed by atoms with van der Waals surface area (Å²) >= 11 is 1.66. The molecular weight excluding hydrogens is 507 g/mol. The number of nitrogens with one attached hydrogen (secondary N) is 2. The molecule has 0 amide bonds. The van der Waals surface area contributed by atoms with Crippen LogP contribution in [0.5, 0.6) is 0 Å². The summed E-state index contributed by atoms with van der Waals surface area (Å²) in [5, 5.41) is 16.6. The number of hydrogen-bond donors (Lipinski definition) is 2. The second-order valence-electron chi connectivity index (χ2n) is 7.78. The lowest BCUT2D eigenvalue weighted by atomic mass is 10.1. The number of aromatic nitrogens is 3. The van der Waals surface area contributed by atoms with Gasteiger partial charge < -0.3 is 15.2 Å². The Balaban J connectivity index is 0.00000450. The number of thioether (sulfide) groups is 1. The summed E-state index contributed by atoms with van der Waals surface area (Å²) in [4.78, 5) is 4.36. The maximum atomic E-state index is 4.40. The van der Waals surface area contributed by atoms with Gasteiger partial charge in [0.15, 0.2) is 11.1 Å². The second kappa shape index (κ2) is 14.7. The van der Waals surface area contributed by atoms with Gasteiger partial charge in [-0.05, 0) is 43.9 Å². The largest absolute Gasteiger partial charge is 0.356 e. The molecule has 6 nitrogen and oxygen atoms in total. The minimum Gasteiger partial charge on any atom is -0.356 e. The van der Waals surface area contributed by atoms with Crippen LogP contribution in [0.15, 0.2) is 40.5 Å². The zero-order valence-electron chi connectivity index (χ0n) is 18.9. The molecule has 1 aromatic heterocycles. The van der Waals surface area contributed by atoms with Crippen molar-refractivity contribution in [1.82, 2.24) is 25.4 Å². The van der Waals surface area contributed by atoms with Gasteiger partial charge in [0.05, 0.1) is 0 Å². The Morgan fingerprint density at radius 1 is 1.13 bits per heavy atom. The molecule has 0 saturated heterocycles. The molecule has 1 heterocycles. The molecule has 2 N–H and O–H groups in total. The summed E-state index contributed by atoms with van der Waals surface area (Å²) in [5.41, 5.74) is 1.37. The molecule has 8 heteroatoms. The Kier molecular flexibility index (Phi) is 13.1. The van der Waals surface area contributed by atoms with Crippen LogP contribution in [-0.2, 0) is 19.4 Å². The van der Waals surface area contributed by atoms with E-state index in [1.807, 2.05) is 7.05 Å². The van der Waals surface area contributed by atoms with Gasteiger partial charge in [0.1, 0.15) is 5.82 Å². The molecule has 0 fully saturated rings. The summed E-state index contributed by atoms with van der Waals surface area (Å²) in [6, 6.07) is 11.0. The molecule has 2 rings (SSSR count). The Labute approximate surface area is 203 Å². The third-order valence-electron chi connectivity index (χ3n) is 4.71. The smallest absolute Gasteiger partial charge is 0.191 e. The number of hydrogen-bond acceptors (Lipinski definition) is 4. The van der Waals surface area contributed by atoms with E-state index in [1.54, 1.807) is 11.8 Å². The molecule has 0 radical (unpaired) electrons. The van der Waals surface area contributed by atoms with Gasteiger partial charge in [-0.25, -0.2) is 0 Å². The van der Waals surface area contributed by atoms with Gasteiger partial charge in [-0.1, -0.05) is 55.9 Å². The lowest BCUT2D eigenvalue weighted by Crippen LogP contribution is -2.42. The van der Waals surface area contributed by atoms with E-state index < -0.39 is 0 Å². The highest BCUT2D eigenvalue weighted by Crippen LogP contribution is 2.16. The molecule has 168 valence electrons. The van der Waals surface area contributed by atoms with Crippen LogP contribution in [0, 0.1) is 5.92 Å². The first kappa shape index (κ1) is 26.7. The van der Waals surface area contributed by atoms with Crippen molar-refractivity contribution in [3.63, 3.8) is 0 Å². The first-order valence-corrected chi connectivity index (χ1v) is 11.7.